The predicted octanol–water partition coefficient (Wildman–Crippen LogP) is 1.86. The van der Waals surface area contributed by atoms with E-state index in [4.69, 9.17) is 0 Å². The molecule has 1 aromatic carbocycles. The normalized spacial score (nSPS) is 11.4. The zero-order valence-electron chi connectivity index (χ0n) is 13.6. The summed E-state index contributed by atoms with van der Waals surface area (Å²) in [5.41, 5.74) is -0.744. The Hall–Kier alpha value is -1.95. The molecule has 0 unspecified atom stereocenters. The number of carbonyl (C=O) groups is 2. The molecule has 0 atom stereocenters. The van der Waals surface area contributed by atoms with Crippen LogP contribution in [0.4, 0.5) is 10.1 Å². The van der Waals surface area contributed by atoms with E-state index in [2.05, 4.69) is 10.6 Å². The molecule has 0 radical (unpaired) electrons. The van der Waals surface area contributed by atoms with Crippen molar-refractivity contribution in [1.29, 1.82) is 0 Å². The number of anilines is 1. The summed E-state index contributed by atoms with van der Waals surface area (Å²) < 4.78 is 12.8. The lowest BCUT2D eigenvalue weighted by atomic mass is 9.91. The van der Waals surface area contributed by atoms with Gasteiger partial charge in [0.25, 0.3) is 0 Å². The molecular weight excluding hydrogens is 285 g/mol. The Morgan fingerprint density at radius 3 is 2.27 bits per heavy atom. The first kappa shape index (κ1) is 18.1. The van der Waals surface area contributed by atoms with Crippen LogP contribution in [-0.4, -0.2) is 43.9 Å². The van der Waals surface area contributed by atoms with Crippen LogP contribution in [-0.2, 0) is 9.59 Å². The van der Waals surface area contributed by atoms with Crippen molar-refractivity contribution < 1.29 is 14.0 Å². The molecule has 0 aliphatic heterocycles. The van der Waals surface area contributed by atoms with E-state index in [9.17, 15) is 14.0 Å². The first-order valence-corrected chi connectivity index (χ1v) is 7.23. The third kappa shape index (κ3) is 5.44. The van der Waals surface area contributed by atoms with Gasteiger partial charge in [-0.2, -0.15) is 0 Å². The van der Waals surface area contributed by atoms with Gasteiger partial charge in [0.05, 0.1) is 0 Å². The quantitative estimate of drug-likeness (QED) is 0.597. The number of hydrogen-bond donors (Lipinski definition) is 2. The number of halogens is 1. The van der Waals surface area contributed by atoms with Crippen molar-refractivity contribution in [3.63, 3.8) is 0 Å². The van der Waals surface area contributed by atoms with Gasteiger partial charge in [-0.15, -0.1) is 0 Å². The Morgan fingerprint density at radius 2 is 1.73 bits per heavy atom. The highest BCUT2D eigenvalue weighted by Gasteiger charge is 2.35. The molecule has 6 heteroatoms. The smallest absolute Gasteiger partial charge is 0.239 e. The van der Waals surface area contributed by atoms with E-state index in [1.807, 2.05) is 19.0 Å². The van der Waals surface area contributed by atoms with Crippen LogP contribution in [0, 0.1) is 11.2 Å². The average molecular weight is 309 g/mol. The van der Waals surface area contributed by atoms with Crippen LogP contribution < -0.4 is 10.6 Å². The second kappa shape index (κ2) is 7.89. The summed E-state index contributed by atoms with van der Waals surface area (Å²) in [5, 5.41) is 5.39. The maximum atomic E-state index is 12.8. The Kier molecular flexibility index (Phi) is 6.49. The van der Waals surface area contributed by atoms with E-state index in [0.29, 0.717) is 12.2 Å². The SMILES string of the molecule is CN(C)CCCNC(=O)C(C)(C)C(=O)Nc1ccc(F)cc1. The Balaban J connectivity index is 2.54. The van der Waals surface area contributed by atoms with E-state index in [1.54, 1.807) is 13.8 Å². The minimum atomic E-state index is -1.20. The summed E-state index contributed by atoms with van der Waals surface area (Å²) in [4.78, 5) is 26.4. The van der Waals surface area contributed by atoms with Crippen LogP contribution in [0.15, 0.2) is 24.3 Å². The zero-order chi connectivity index (χ0) is 16.8. The molecule has 0 aliphatic rings. The number of nitrogens with one attached hydrogen (secondary N) is 2. The van der Waals surface area contributed by atoms with Gasteiger partial charge >= 0.3 is 0 Å². The molecule has 0 heterocycles. The summed E-state index contributed by atoms with van der Waals surface area (Å²) in [6.07, 6.45) is 0.814. The monoisotopic (exact) mass is 309 g/mol. The Morgan fingerprint density at radius 1 is 1.14 bits per heavy atom. The van der Waals surface area contributed by atoms with Crippen molar-refractivity contribution >= 4 is 17.5 Å². The molecule has 0 bridgehead atoms. The van der Waals surface area contributed by atoms with Crippen LogP contribution in [0.2, 0.25) is 0 Å². The molecule has 0 aromatic heterocycles. The average Bonchev–Trinajstić information content (AvgIpc) is 2.45. The van der Waals surface area contributed by atoms with Gasteiger partial charge in [-0.3, -0.25) is 9.59 Å². The first-order valence-electron chi connectivity index (χ1n) is 7.23. The predicted molar refractivity (Wildman–Crippen MR) is 85.0 cm³/mol. The number of hydrogen-bond acceptors (Lipinski definition) is 3. The molecule has 1 rings (SSSR count). The number of carbonyl (C=O) groups excluding carboxylic acids is 2. The van der Waals surface area contributed by atoms with Gasteiger partial charge in [-0.25, -0.2) is 4.39 Å². The van der Waals surface area contributed by atoms with Crippen LogP contribution >= 0.6 is 0 Å². The molecule has 5 nitrogen and oxygen atoms in total. The number of benzene rings is 1. The molecular formula is C16H24FN3O2. The van der Waals surface area contributed by atoms with Gasteiger partial charge in [-0.05, 0) is 65.2 Å². The van der Waals surface area contributed by atoms with E-state index in [0.717, 1.165) is 13.0 Å². The maximum absolute atomic E-state index is 12.8. The first-order chi connectivity index (χ1) is 10.2. The fraction of sp³-hybridized carbons (Fsp3) is 0.500. The number of nitrogens with zero attached hydrogens (tertiary/aromatic N) is 1. The molecule has 2 N–H and O–H groups in total. The summed E-state index contributed by atoms with van der Waals surface area (Å²) in [5.74, 6) is -1.13. The van der Waals surface area contributed by atoms with Crippen LogP contribution in [0.3, 0.4) is 0 Å². The number of amides is 2. The third-order valence-electron chi connectivity index (χ3n) is 3.31. The fourth-order valence-corrected chi connectivity index (χ4v) is 1.74. The minimum Gasteiger partial charge on any atom is -0.355 e. The Bertz CT molecular complexity index is 513. The standard InChI is InChI=1S/C16H24FN3O2/c1-16(2,14(21)18-10-5-11-20(3)4)15(22)19-13-8-6-12(17)7-9-13/h6-9H,5,10-11H2,1-4H3,(H,18,21)(H,19,22). The highest BCUT2D eigenvalue weighted by Crippen LogP contribution is 2.19. The van der Waals surface area contributed by atoms with Gasteiger partial charge < -0.3 is 15.5 Å². The summed E-state index contributed by atoms with van der Waals surface area (Å²) in [7, 11) is 3.92. The van der Waals surface area contributed by atoms with Gasteiger partial charge in [0.1, 0.15) is 11.2 Å². The van der Waals surface area contributed by atoms with Gasteiger partial charge in [-0.1, -0.05) is 0 Å². The lowest BCUT2D eigenvalue weighted by molar-refractivity contribution is -0.138. The van der Waals surface area contributed by atoms with Crippen LogP contribution in [0.1, 0.15) is 20.3 Å². The highest BCUT2D eigenvalue weighted by atomic mass is 19.1. The van der Waals surface area contributed by atoms with Gasteiger partial charge in [0.15, 0.2) is 0 Å². The van der Waals surface area contributed by atoms with Crippen molar-refractivity contribution in [2.24, 2.45) is 5.41 Å². The van der Waals surface area contributed by atoms with Crippen molar-refractivity contribution in [2.45, 2.75) is 20.3 Å². The lowest BCUT2D eigenvalue weighted by Crippen LogP contribution is -2.45. The van der Waals surface area contributed by atoms with Crippen molar-refractivity contribution in [3.05, 3.63) is 30.1 Å². The van der Waals surface area contributed by atoms with Crippen LogP contribution in [0.25, 0.3) is 0 Å². The molecule has 0 saturated carbocycles. The second-order valence-electron chi connectivity index (χ2n) is 6.00. The van der Waals surface area contributed by atoms with Gasteiger partial charge in [0.2, 0.25) is 11.8 Å². The molecule has 1 aromatic rings. The highest BCUT2D eigenvalue weighted by molar-refractivity contribution is 6.09. The summed E-state index contributed by atoms with van der Waals surface area (Å²) in [6, 6.07) is 5.42. The summed E-state index contributed by atoms with van der Waals surface area (Å²) >= 11 is 0. The molecule has 0 spiro atoms. The summed E-state index contributed by atoms with van der Waals surface area (Å²) in [6.45, 7) is 4.51. The topological polar surface area (TPSA) is 61.4 Å². The maximum Gasteiger partial charge on any atom is 0.239 e. The van der Waals surface area contributed by atoms with E-state index < -0.39 is 11.3 Å². The molecule has 0 fully saturated rings. The minimum absolute atomic E-state index is 0.328. The van der Waals surface area contributed by atoms with Crippen LogP contribution in [0.5, 0.6) is 0 Å². The lowest BCUT2D eigenvalue weighted by Gasteiger charge is -2.23. The number of rotatable bonds is 7. The van der Waals surface area contributed by atoms with Crippen molar-refractivity contribution in [1.82, 2.24) is 10.2 Å². The van der Waals surface area contributed by atoms with Gasteiger partial charge in [0, 0.05) is 12.2 Å². The largest absolute Gasteiger partial charge is 0.355 e. The Labute approximate surface area is 130 Å². The molecule has 0 aliphatic carbocycles. The third-order valence-corrected chi connectivity index (χ3v) is 3.31. The molecule has 2 amide bonds. The zero-order valence-corrected chi connectivity index (χ0v) is 13.6. The second-order valence-corrected chi connectivity index (χ2v) is 6.00. The molecule has 22 heavy (non-hydrogen) atoms. The van der Waals surface area contributed by atoms with Crippen molar-refractivity contribution in [2.75, 3.05) is 32.5 Å². The van der Waals surface area contributed by atoms with E-state index in [1.165, 1.54) is 24.3 Å². The van der Waals surface area contributed by atoms with E-state index in [-0.39, 0.29) is 11.7 Å². The van der Waals surface area contributed by atoms with Crippen molar-refractivity contribution in [3.8, 4) is 0 Å². The fourth-order valence-electron chi connectivity index (χ4n) is 1.74. The van der Waals surface area contributed by atoms with E-state index >= 15 is 0 Å². The molecule has 0 saturated heterocycles. The molecule has 122 valence electrons.